The van der Waals surface area contributed by atoms with Crippen LogP contribution in [-0.4, -0.2) is 53.9 Å². The maximum Gasteiger partial charge on any atom is 0.254 e. The summed E-state index contributed by atoms with van der Waals surface area (Å²) in [5.74, 6) is 0.208. The molecule has 1 saturated heterocycles. The number of nitrogens with zero attached hydrogens (tertiary/aromatic N) is 3. The van der Waals surface area contributed by atoms with E-state index >= 15 is 0 Å². The van der Waals surface area contributed by atoms with Crippen molar-refractivity contribution in [1.82, 2.24) is 14.8 Å². The Labute approximate surface area is 143 Å². The highest BCUT2D eigenvalue weighted by atomic mass is 16.2. The van der Waals surface area contributed by atoms with Gasteiger partial charge in [-0.15, -0.1) is 0 Å². The molecule has 0 radical (unpaired) electrons. The fourth-order valence-corrected chi connectivity index (χ4v) is 3.96. The molecule has 1 fully saturated rings. The van der Waals surface area contributed by atoms with Crippen LogP contribution in [0.4, 0.5) is 0 Å². The van der Waals surface area contributed by atoms with Crippen LogP contribution in [0.25, 0.3) is 10.9 Å². The fraction of sp³-hybridized carbons (Fsp3) is 0.500. The van der Waals surface area contributed by atoms with E-state index in [2.05, 4.69) is 18.0 Å². The number of rotatable bonds is 1. The second kappa shape index (κ2) is 6.52. The standard InChI is InChI=1S/C20H25N3O/c1-22-11-13-23(14-12-22)20(24)19-15-7-3-2-4-9-17(15)21-18-10-6-5-8-16(18)19/h5-6,8,10H,2-4,7,9,11-14H2,1H3. The maximum absolute atomic E-state index is 13.4. The van der Waals surface area contributed by atoms with E-state index in [0.717, 1.165) is 67.6 Å². The molecule has 1 amide bonds. The van der Waals surface area contributed by atoms with Crippen LogP contribution < -0.4 is 0 Å². The molecule has 1 aromatic carbocycles. The Balaban J connectivity index is 1.83. The molecular formula is C20H25N3O. The lowest BCUT2D eigenvalue weighted by atomic mass is 9.96. The molecule has 126 valence electrons. The van der Waals surface area contributed by atoms with Gasteiger partial charge in [-0.2, -0.15) is 0 Å². The number of aromatic nitrogens is 1. The van der Waals surface area contributed by atoms with E-state index in [4.69, 9.17) is 4.98 Å². The number of piperazine rings is 1. The summed E-state index contributed by atoms with van der Waals surface area (Å²) in [6.07, 6.45) is 5.57. The zero-order chi connectivity index (χ0) is 16.5. The molecule has 0 unspecified atom stereocenters. The highest BCUT2D eigenvalue weighted by Crippen LogP contribution is 2.29. The zero-order valence-corrected chi connectivity index (χ0v) is 14.4. The SMILES string of the molecule is CN1CCN(C(=O)c2c3c(nc4ccccc24)CCCCC3)CC1. The largest absolute Gasteiger partial charge is 0.336 e. The molecule has 1 aromatic heterocycles. The van der Waals surface area contributed by atoms with Gasteiger partial charge in [0.15, 0.2) is 0 Å². The number of benzene rings is 1. The van der Waals surface area contributed by atoms with Crippen molar-refractivity contribution in [2.75, 3.05) is 33.2 Å². The third kappa shape index (κ3) is 2.80. The first-order valence-electron chi connectivity index (χ1n) is 9.12. The van der Waals surface area contributed by atoms with Gasteiger partial charge in [-0.3, -0.25) is 9.78 Å². The third-order valence-electron chi connectivity index (χ3n) is 5.42. The Morgan fingerprint density at radius 3 is 2.58 bits per heavy atom. The molecule has 4 nitrogen and oxygen atoms in total. The molecule has 0 spiro atoms. The Morgan fingerprint density at radius 2 is 1.75 bits per heavy atom. The summed E-state index contributed by atoms with van der Waals surface area (Å²) in [6, 6.07) is 8.15. The van der Waals surface area contributed by atoms with Gasteiger partial charge in [-0.05, 0) is 44.4 Å². The van der Waals surface area contributed by atoms with Crippen molar-refractivity contribution in [3.8, 4) is 0 Å². The number of para-hydroxylation sites is 1. The third-order valence-corrected chi connectivity index (χ3v) is 5.42. The van der Waals surface area contributed by atoms with E-state index in [1.807, 2.05) is 23.1 Å². The number of carbonyl (C=O) groups excluding carboxylic acids is 1. The molecule has 0 bridgehead atoms. The first-order valence-corrected chi connectivity index (χ1v) is 9.12. The molecule has 0 saturated carbocycles. The second-order valence-electron chi connectivity index (χ2n) is 7.09. The van der Waals surface area contributed by atoms with Crippen LogP contribution in [0.5, 0.6) is 0 Å². The molecular weight excluding hydrogens is 298 g/mol. The van der Waals surface area contributed by atoms with E-state index in [-0.39, 0.29) is 5.91 Å². The highest BCUT2D eigenvalue weighted by Gasteiger charge is 2.27. The van der Waals surface area contributed by atoms with E-state index in [1.54, 1.807) is 0 Å². The quantitative estimate of drug-likeness (QED) is 0.757. The number of hydrogen-bond acceptors (Lipinski definition) is 3. The Hall–Kier alpha value is -1.94. The molecule has 4 rings (SSSR count). The molecule has 0 N–H and O–H groups in total. The molecule has 0 atom stereocenters. The number of pyridine rings is 1. The second-order valence-corrected chi connectivity index (χ2v) is 7.09. The zero-order valence-electron chi connectivity index (χ0n) is 14.4. The average molecular weight is 323 g/mol. The van der Waals surface area contributed by atoms with E-state index in [9.17, 15) is 4.79 Å². The Bertz CT molecular complexity index is 763. The smallest absolute Gasteiger partial charge is 0.254 e. The summed E-state index contributed by atoms with van der Waals surface area (Å²) in [7, 11) is 2.12. The minimum atomic E-state index is 0.208. The van der Waals surface area contributed by atoms with Gasteiger partial charge in [0.1, 0.15) is 0 Å². The van der Waals surface area contributed by atoms with Crippen molar-refractivity contribution >= 4 is 16.8 Å². The highest BCUT2D eigenvalue weighted by molar-refractivity contribution is 6.07. The normalized spacial score (nSPS) is 19.1. The summed E-state index contributed by atoms with van der Waals surface area (Å²) < 4.78 is 0. The molecule has 1 aliphatic heterocycles. The van der Waals surface area contributed by atoms with Crippen LogP contribution >= 0.6 is 0 Å². The van der Waals surface area contributed by atoms with Crippen molar-refractivity contribution in [3.05, 3.63) is 41.1 Å². The van der Waals surface area contributed by atoms with Gasteiger partial charge in [0, 0.05) is 37.3 Å². The van der Waals surface area contributed by atoms with Crippen molar-refractivity contribution in [1.29, 1.82) is 0 Å². The molecule has 2 aromatic rings. The number of carbonyl (C=O) groups is 1. The van der Waals surface area contributed by atoms with Gasteiger partial charge in [-0.1, -0.05) is 24.6 Å². The van der Waals surface area contributed by atoms with Gasteiger partial charge in [0.25, 0.3) is 5.91 Å². The van der Waals surface area contributed by atoms with Gasteiger partial charge < -0.3 is 9.80 Å². The summed E-state index contributed by atoms with van der Waals surface area (Å²) in [5.41, 5.74) is 4.27. The van der Waals surface area contributed by atoms with Crippen LogP contribution in [-0.2, 0) is 12.8 Å². The van der Waals surface area contributed by atoms with Crippen LogP contribution in [0.1, 0.15) is 40.9 Å². The predicted molar refractivity (Wildman–Crippen MR) is 96.4 cm³/mol. The molecule has 24 heavy (non-hydrogen) atoms. The monoisotopic (exact) mass is 323 g/mol. The van der Waals surface area contributed by atoms with Crippen LogP contribution in [0.15, 0.2) is 24.3 Å². The minimum Gasteiger partial charge on any atom is -0.336 e. The first-order chi connectivity index (χ1) is 11.7. The molecule has 1 aliphatic carbocycles. The topological polar surface area (TPSA) is 36.4 Å². The number of amides is 1. The number of fused-ring (bicyclic) bond motifs is 2. The van der Waals surface area contributed by atoms with Crippen LogP contribution in [0.2, 0.25) is 0 Å². The molecule has 2 heterocycles. The van der Waals surface area contributed by atoms with Gasteiger partial charge in [-0.25, -0.2) is 0 Å². The lowest BCUT2D eigenvalue weighted by Crippen LogP contribution is -2.47. The number of aryl methyl sites for hydroxylation is 1. The summed E-state index contributed by atoms with van der Waals surface area (Å²) >= 11 is 0. The van der Waals surface area contributed by atoms with Crippen molar-refractivity contribution < 1.29 is 4.79 Å². The van der Waals surface area contributed by atoms with Crippen LogP contribution in [0.3, 0.4) is 0 Å². The first kappa shape index (κ1) is 15.6. The van der Waals surface area contributed by atoms with Gasteiger partial charge in [0.2, 0.25) is 0 Å². The lowest BCUT2D eigenvalue weighted by molar-refractivity contribution is 0.0665. The molecule has 2 aliphatic rings. The van der Waals surface area contributed by atoms with E-state index < -0.39 is 0 Å². The Kier molecular flexibility index (Phi) is 4.23. The van der Waals surface area contributed by atoms with Crippen molar-refractivity contribution in [2.45, 2.75) is 32.1 Å². The average Bonchev–Trinajstić information content (AvgIpc) is 2.85. The predicted octanol–water partition coefficient (Wildman–Crippen LogP) is 2.89. The molecule has 4 heteroatoms. The van der Waals surface area contributed by atoms with Crippen molar-refractivity contribution in [3.63, 3.8) is 0 Å². The van der Waals surface area contributed by atoms with Crippen molar-refractivity contribution in [2.24, 2.45) is 0 Å². The summed E-state index contributed by atoms with van der Waals surface area (Å²) in [4.78, 5) is 22.6. The number of hydrogen-bond donors (Lipinski definition) is 0. The van der Waals surface area contributed by atoms with E-state index in [1.165, 1.54) is 18.4 Å². The Morgan fingerprint density at radius 1 is 1.00 bits per heavy atom. The lowest BCUT2D eigenvalue weighted by Gasteiger charge is -2.33. The van der Waals surface area contributed by atoms with E-state index in [0.29, 0.717) is 0 Å². The number of likely N-dealkylation sites (N-methyl/N-ethyl adjacent to an activating group) is 1. The van der Waals surface area contributed by atoms with Gasteiger partial charge >= 0.3 is 0 Å². The summed E-state index contributed by atoms with van der Waals surface area (Å²) in [6.45, 7) is 3.55. The van der Waals surface area contributed by atoms with Crippen LogP contribution in [0, 0.1) is 0 Å². The minimum absolute atomic E-state index is 0.208. The summed E-state index contributed by atoms with van der Waals surface area (Å²) in [5, 5.41) is 1.03. The maximum atomic E-state index is 13.4. The van der Waals surface area contributed by atoms with Gasteiger partial charge in [0.05, 0.1) is 11.1 Å². The fourth-order valence-electron chi connectivity index (χ4n) is 3.96.